The predicted molar refractivity (Wildman–Crippen MR) is 80.8 cm³/mol. The first kappa shape index (κ1) is 12.7. The van der Waals surface area contributed by atoms with Gasteiger partial charge in [-0.1, -0.05) is 0 Å². The number of hydrogen-bond acceptors (Lipinski definition) is 2. The Bertz CT molecular complexity index is 682. The van der Waals surface area contributed by atoms with E-state index in [4.69, 9.17) is 0 Å². The third-order valence-corrected chi connectivity index (χ3v) is 5.41. The maximum absolute atomic E-state index is 11.9. The van der Waals surface area contributed by atoms with Gasteiger partial charge < -0.3 is 4.98 Å². The van der Waals surface area contributed by atoms with Crippen molar-refractivity contribution in [1.82, 2.24) is 14.3 Å². The molecule has 0 saturated carbocycles. The standard InChI is InChI=1S/C14H19N3OS/c1-19(2,18)17-7-4-11(5-8-17)12-10-16-14-3-6-15-9-13(12)14/h3,6,9-11,16H,1,4-5,7-8H2,2H3. The topological polar surface area (TPSA) is 49.0 Å². The molecule has 1 saturated heterocycles. The van der Waals surface area contributed by atoms with Gasteiger partial charge in [-0.3, -0.25) is 9.19 Å². The van der Waals surface area contributed by atoms with Crippen LogP contribution in [0, 0.1) is 0 Å². The Morgan fingerprint density at radius 2 is 2.21 bits per heavy atom. The van der Waals surface area contributed by atoms with Crippen LogP contribution in [0.25, 0.3) is 10.9 Å². The number of piperidine rings is 1. The molecule has 0 bridgehead atoms. The molecule has 0 spiro atoms. The van der Waals surface area contributed by atoms with Crippen LogP contribution in [0.5, 0.6) is 0 Å². The zero-order chi connectivity index (χ0) is 13.5. The van der Waals surface area contributed by atoms with Crippen LogP contribution in [-0.4, -0.2) is 43.7 Å². The Balaban J connectivity index is 1.82. The van der Waals surface area contributed by atoms with E-state index >= 15 is 0 Å². The molecule has 1 aliphatic rings. The molecule has 3 rings (SSSR count). The summed E-state index contributed by atoms with van der Waals surface area (Å²) in [6, 6.07) is 2.00. The van der Waals surface area contributed by atoms with Crippen molar-refractivity contribution in [2.75, 3.05) is 19.3 Å². The zero-order valence-corrected chi connectivity index (χ0v) is 11.9. The Hall–Kier alpha value is -1.33. The predicted octanol–water partition coefficient (Wildman–Crippen LogP) is 2.00. The van der Waals surface area contributed by atoms with Gasteiger partial charge >= 0.3 is 0 Å². The Kier molecular flexibility index (Phi) is 3.11. The van der Waals surface area contributed by atoms with Gasteiger partial charge in [0.05, 0.1) is 0 Å². The van der Waals surface area contributed by atoms with E-state index in [-0.39, 0.29) is 0 Å². The number of nitrogens with one attached hydrogen (secondary N) is 1. The average molecular weight is 277 g/mol. The molecule has 1 atom stereocenters. The monoisotopic (exact) mass is 277 g/mol. The summed E-state index contributed by atoms with van der Waals surface area (Å²) in [7, 11) is -2.05. The summed E-state index contributed by atoms with van der Waals surface area (Å²) in [5, 5.41) is 1.22. The van der Waals surface area contributed by atoms with Gasteiger partial charge in [-0.05, 0) is 36.3 Å². The second-order valence-electron chi connectivity index (χ2n) is 5.33. The highest BCUT2D eigenvalue weighted by Gasteiger charge is 2.24. The highest BCUT2D eigenvalue weighted by molar-refractivity contribution is 7.97. The smallest absolute Gasteiger partial charge is 0.0487 e. The van der Waals surface area contributed by atoms with Crippen molar-refractivity contribution in [3.05, 3.63) is 30.2 Å². The molecule has 0 aromatic carbocycles. The summed E-state index contributed by atoms with van der Waals surface area (Å²) in [5.41, 5.74) is 2.48. The molecular formula is C14H19N3OS. The summed E-state index contributed by atoms with van der Waals surface area (Å²) >= 11 is 0. The number of pyridine rings is 1. The van der Waals surface area contributed by atoms with E-state index in [9.17, 15) is 4.21 Å². The molecule has 0 aliphatic carbocycles. The Morgan fingerprint density at radius 3 is 2.89 bits per heavy atom. The van der Waals surface area contributed by atoms with E-state index in [1.165, 1.54) is 10.9 Å². The van der Waals surface area contributed by atoms with Crippen LogP contribution in [0.15, 0.2) is 24.7 Å². The van der Waals surface area contributed by atoms with E-state index in [1.54, 1.807) is 12.5 Å². The van der Waals surface area contributed by atoms with Crippen LogP contribution < -0.4 is 0 Å². The van der Waals surface area contributed by atoms with Crippen molar-refractivity contribution in [1.29, 1.82) is 0 Å². The molecule has 0 amide bonds. The van der Waals surface area contributed by atoms with Crippen molar-refractivity contribution < 1.29 is 4.21 Å². The number of H-pyrrole nitrogens is 1. The fourth-order valence-corrected chi connectivity index (χ4v) is 3.86. The van der Waals surface area contributed by atoms with E-state index in [0.717, 1.165) is 31.4 Å². The largest absolute Gasteiger partial charge is 0.361 e. The zero-order valence-electron chi connectivity index (χ0n) is 11.1. The molecule has 102 valence electrons. The molecule has 4 nitrogen and oxygen atoms in total. The molecule has 3 heterocycles. The SMILES string of the molecule is C=S(C)(=O)N1CCC(c2c[nH]c3ccncc23)CC1. The van der Waals surface area contributed by atoms with Crippen LogP contribution in [0.2, 0.25) is 0 Å². The number of aromatic amines is 1. The molecule has 2 aromatic rings. The van der Waals surface area contributed by atoms with E-state index in [1.807, 2.05) is 16.6 Å². The fourth-order valence-electron chi connectivity index (χ4n) is 2.87. The van der Waals surface area contributed by atoms with Crippen LogP contribution in [0.4, 0.5) is 0 Å². The number of rotatable bonds is 2. The lowest BCUT2D eigenvalue weighted by molar-refractivity contribution is 0.335. The third-order valence-electron chi connectivity index (χ3n) is 3.96. The highest BCUT2D eigenvalue weighted by atomic mass is 32.2. The van der Waals surface area contributed by atoms with E-state index < -0.39 is 9.71 Å². The molecule has 2 aromatic heterocycles. The third kappa shape index (κ3) is 2.40. The maximum Gasteiger partial charge on any atom is 0.0487 e. The number of nitrogens with zero attached hydrogens (tertiary/aromatic N) is 2. The van der Waals surface area contributed by atoms with Gasteiger partial charge in [0.25, 0.3) is 0 Å². The summed E-state index contributed by atoms with van der Waals surface area (Å²) < 4.78 is 14.0. The second-order valence-corrected chi connectivity index (χ2v) is 7.76. The van der Waals surface area contributed by atoms with Crippen molar-refractivity contribution in [3.8, 4) is 0 Å². The number of aromatic nitrogens is 2. The van der Waals surface area contributed by atoms with Gasteiger partial charge in [0, 0.05) is 58.5 Å². The number of hydrogen-bond donors (Lipinski definition) is 1. The minimum absolute atomic E-state index is 0.524. The molecule has 1 fully saturated rings. The fraction of sp³-hybridized carbons (Fsp3) is 0.429. The normalized spacial score (nSPS) is 21.5. The molecule has 19 heavy (non-hydrogen) atoms. The van der Waals surface area contributed by atoms with Gasteiger partial charge in [-0.2, -0.15) is 0 Å². The average Bonchev–Trinajstić information content (AvgIpc) is 2.82. The lowest BCUT2D eigenvalue weighted by Crippen LogP contribution is -2.36. The minimum Gasteiger partial charge on any atom is -0.361 e. The lowest BCUT2D eigenvalue weighted by Gasteiger charge is -2.32. The van der Waals surface area contributed by atoms with Crippen molar-refractivity contribution in [3.63, 3.8) is 0 Å². The Labute approximate surface area is 114 Å². The van der Waals surface area contributed by atoms with Crippen LogP contribution in [0.1, 0.15) is 24.3 Å². The number of fused-ring (bicyclic) bond motifs is 1. The van der Waals surface area contributed by atoms with Gasteiger partial charge in [-0.15, -0.1) is 0 Å². The van der Waals surface area contributed by atoms with Crippen LogP contribution in [-0.2, 0) is 9.71 Å². The Morgan fingerprint density at radius 1 is 1.47 bits per heavy atom. The lowest BCUT2D eigenvalue weighted by atomic mass is 9.90. The van der Waals surface area contributed by atoms with Gasteiger partial charge in [0.1, 0.15) is 0 Å². The second kappa shape index (κ2) is 4.65. The molecule has 0 radical (unpaired) electrons. The summed E-state index contributed by atoms with van der Waals surface area (Å²) in [6.45, 7) is 1.72. The van der Waals surface area contributed by atoms with Gasteiger partial charge in [-0.25, -0.2) is 4.31 Å². The first-order chi connectivity index (χ1) is 9.05. The summed E-state index contributed by atoms with van der Waals surface area (Å²) in [6.07, 6.45) is 9.62. The van der Waals surface area contributed by atoms with Crippen molar-refractivity contribution in [2.45, 2.75) is 18.8 Å². The van der Waals surface area contributed by atoms with E-state index in [2.05, 4.69) is 22.0 Å². The van der Waals surface area contributed by atoms with Gasteiger partial charge in [0.15, 0.2) is 0 Å². The van der Waals surface area contributed by atoms with Gasteiger partial charge in [0.2, 0.25) is 0 Å². The molecule has 1 aliphatic heterocycles. The summed E-state index contributed by atoms with van der Waals surface area (Å²) in [5.74, 6) is 4.29. The van der Waals surface area contributed by atoms with Crippen LogP contribution >= 0.6 is 0 Å². The molecule has 1 unspecified atom stereocenters. The molecule has 5 heteroatoms. The van der Waals surface area contributed by atoms with E-state index in [0.29, 0.717) is 5.92 Å². The first-order valence-corrected chi connectivity index (χ1v) is 8.63. The first-order valence-electron chi connectivity index (χ1n) is 6.54. The summed E-state index contributed by atoms with van der Waals surface area (Å²) in [4.78, 5) is 7.51. The maximum atomic E-state index is 11.9. The van der Waals surface area contributed by atoms with Crippen molar-refractivity contribution >= 4 is 26.5 Å². The quantitative estimate of drug-likeness (QED) is 0.854. The minimum atomic E-state index is -2.05. The molecule has 1 N–H and O–H groups in total. The molecular weight excluding hydrogens is 258 g/mol. The highest BCUT2D eigenvalue weighted by Crippen LogP contribution is 2.33. The van der Waals surface area contributed by atoms with Crippen molar-refractivity contribution in [2.24, 2.45) is 0 Å². The van der Waals surface area contributed by atoms with Crippen LogP contribution in [0.3, 0.4) is 0 Å².